The molecule has 3 rings (SSSR count). The first-order valence-electron chi connectivity index (χ1n) is 7.24. The van der Waals surface area contributed by atoms with Crippen LogP contribution in [-0.4, -0.2) is 18.3 Å². The van der Waals surface area contributed by atoms with E-state index in [4.69, 9.17) is 4.74 Å². The molecule has 0 bridgehead atoms. The number of allylic oxidation sites excluding steroid dienone is 2. The zero-order valence-electron chi connectivity index (χ0n) is 11.6. The minimum atomic E-state index is -0.0359. The summed E-state index contributed by atoms with van der Waals surface area (Å²) in [4.78, 5) is 0. The highest BCUT2D eigenvalue weighted by Crippen LogP contribution is 2.52. The van der Waals surface area contributed by atoms with Crippen LogP contribution in [-0.2, 0) is 11.2 Å². The lowest BCUT2D eigenvalue weighted by atomic mass is 9.74. The zero-order chi connectivity index (χ0) is 13.3. The maximum absolute atomic E-state index is 9.74. The Kier molecular flexibility index (Phi) is 3.36. The molecule has 0 saturated heterocycles. The van der Waals surface area contributed by atoms with E-state index in [1.54, 1.807) is 0 Å². The second kappa shape index (κ2) is 5.01. The first-order valence-corrected chi connectivity index (χ1v) is 7.24. The Hall–Kier alpha value is -1.28. The Balaban J connectivity index is 1.92. The summed E-state index contributed by atoms with van der Waals surface area (Å²) in [5.41, 5.74) is 2.74. The third-order valence-corrected chi connectivity index (χ3v) is 4.74. The second-order valence-electron chi connectivity index (χ2n) is 6.05. The maximum atomic E-state index is 9.74. The van der Waals surface area contributed by atoms with Crippen molar-refractivity contribution < 1.29 is 9.84 Å². The normalized spacial score (nSPS) is 30.1. The summed E-state index contributed by atoms with van der Waals surface area (Å²) in [7, 11) is 0. The monoisotopic (exact) mass is 258 g/mol. The van der Waals surface area contributed by atoms with Gasteiger partial charge in [0.2, 0.25) is 0 Å². The highest BCUT2D eigenvalue weighted by Gasteiger charge is 2.46. The molecule has 1 aliphatic carbocycles. The Morgan fingerprint density at radius 2 is 2.11 bits per heavy atom. The van der Waals surface area contributed by atoms with Crippen LogP contribution in [0.2, 0.25) is 0 Å². The summed E-state index contributed by atoms with van der Waals surface area (Å²) in [6.07, 6.45) is 4.24. The van der Waals surface area contributed by atoms with Crippen molar-refractivity contribution in [2.75, 3.05) is 13.2 Å². The van der Waals surface area contributed by atoms with Crippen molar-refractivity contribution in [2.24, 2.45) is 11.3 Å². The van der Waals surface area contributed by atoms with Crippen LogP contribution in [0.25, 0.3) is 0 Å². The number of aliphatic hydroxyl groups is 1. The summed E-state index contributed by atoms with van der Waals surface area (Å²) >= 11 is 0. The molecular formula is C17H22O2. The number of ether oxygens (including phenoxy) is 1. The van der Waals surface area contributed by atoms with Crippen molar-refractivity contribution in [1.29, 1.82) is 0 Å². The smallest absolute Gasteiger partial charge is 0.102 e. The number of benzene rings is 1. The van der Waals surface area contributed by atoms with E-state index >= 15 is 0 Å². The number of rotatable bonds is 3. The van der Waals surface area contributed by atoms with Crippen LogP contribution in [0.15, 0.2) is 41.7 Å². The van der Waals surface area contributed by atoms with E-state index in [9.17, 15) is 5.11 Å². The van der Waals surface area contributed by atoms with E-state index in [-0.39, 0.29) is 12.0 Å². The van der Waals surface area contributed by atoms with Crippen LogP contribution in [0.5, 0.6) is 0 Å². The van der Waals surface area contributed by atoms with E-state index in [1.165, 1.54) is 16.9 Å². The van der Waals surface area contributed by atoms with Gasteiger partial charge in [-0.1, -0.05) is 37.3 Å². The average Bonchev–Trinajstić information content (AvgIpc) is 2.73. The van der Waals surface area contributed by atoms with Crippen LogP contribution >= 0.6 is 0 Å². The topological polar surface area (TPSA) is 29.5 Å². The van der Waals surface area contributed by atoms with Crippen molar-refractivity contribution in [3.8, 4) is 0 Å². The van der Waals surface area contributed by atoms with Gasteiger partial charge in [0.05, 0.1) is 6.61 Å². The highest BCUT2D eigenvalue weighted by atomic mass is 16.5. The van der Waals surface area contributed by atoms with Gasteiger partial charge in [-0.2, -0.15) is 0 Å². The lowest BCUT2D eigenvalue weighted by Crippen LogP contribution is -2.31. The molecule has 1 heterocycles. The summed E-state index contributed by atoms with van der Waals surface area (Å²) < 4.78 is 5.99. The van der Waals surface area contributed by atoms with Crippen LogP contribution in [0.3, 0.4) is 0 Å². The fraction of sp³-hybridized carbons (Fsp3) is 0.529. The molecule has 102 valence electrons. The first kappa shape index (κ1) is 12.7. The largest absolute Gasteiger partial charge is 0.497 e. The standard InChI is InChI=1S/C17H22O2/c1-17(11-13-6-3-2-4-7-13)15(12-18)10-14-8-5-9-19-16(14)17/h2-4,6-7,15,18H,5,8-12H2,1H3. The first-order chi connectivity index (χ1) is 9.24. The van der Waals surface area contributed by atoms with Crippen LogP contribution in [0.4, 0.5) is 0 Å². The molecule has 2 aliphatic rings. The van der Waals surface area contributed by atoms with Crippen LogP contribution < -0.4 is 0 Å². The minimum absolute atomic E-state index is 0.0359. The molecule has 2 unspecified atom stereocenters. The SMILES string of the molecule is CC1(Cc2ccccc2)C2=C(CCCO2)CC1CO. The Morgan fingerprint density at radius 1 is 1.32 bits per heavy atom. The Bertz CT molecular complexity index is 477. The van der Waals surface area contributed by atoms with Gasteiger partial charge in [0.15, 0.2) is 0 Å². The highest BCUT2D eigenvalue weighted by molar-refractivity contribution is 5.30. The van der Waals surface area contributed by atoms with E-state index in [1.807, 2.05) is 6.07 Å². The molecule has 19 heavy (non-hydrogen) atoms. The van der Waals surface area contributed by atoms with Gasteiger partial charge in [-0.15, -0.1) is 0 Å². The molecule has 2 atom stereocenters. The molecule has 1 N–H and O–H groups in total. The second-order valence-corrected chi connectivity index (χ2v) is 6.05. The quantitative estimate of drug-likeness (QED) is 0.901. The molecule has 0 spiro atoms. The molecule has 1 aromatic carbocycles. The molecule has 2 heteroatoms. The summed E-state index contributed by atoms with van der Waals surface area (Å²) in [5, 5.41) is 9.74. The zero-order valence-corrected chi connectivity index (χ0v) is 11.6. The molecule has 0 amide bonds. The Labute approximate surface area is 115 Å². The van der Waals surface area contributed by atoms with Gasteiger partial charge >= 0.3 is 0 Å². The van der Waals surface area contributed by atoms with Crippen molar-refractivity contribution >= 4 is 0 Å². The Morgan fingerprint density at radius 3 is 2.84 bits per heavy atom. The summed E-state index contributed by atoms with van der Waals surface area (Å²) in [6, 6.07) is 10.5. The number of aliphatic hydroxyl groups excluding tert-OH is 1. The molecule has 1 aliphatic heterocycles. The predicted molar refractivity (Wildman–Crippen MR) is 75.7 cm³/mol. The van der Waals surface area contributed by atoms with Gasteiger partial charge in [-0.25, -0.2) is 0 Å². The third kappa shape index (κ3) is 2.18. The van der Waals surface area contributed by atoms with Crippen molar-refractivity contribution in [3.05, 3.63) is 47.2 Å². The lowest BCUT2D eigenvalue weighted by molar-refractivity contribution is 0.0754. The average molecular weight is 258 g/mol. The van der Waals surface area contributed by atoms with Gasteiger partial charge in [-0.05, 0) is 42.7 Å². The van der Waals surface area contributed by atoms with Gasteiger partial charge in [0.1, 0.15) is 5.76 Å². The summed E-state index contributed by atoms with van der Waals surface area (Å²) in [5.74, 6) is 1.48. The predicted octanol–water partition coefficient (Wildman–Crippen LogP) is 3.31. The maximum Gasteiger partial charge on any atom is 0.102 e. The number of hydrogen-bond donors (Lipinski definition) is 1. The molecular weight excluding hydrogens is 236 g/mol. The third-order valence-electron chi connectivity index (χ3n) is 4.74. The van der Waals surface area contributed by atoms with Crippen LogP contribution in [0, 0.1) is 11.3 Å². The molecule has 0 aromatic heterocycles. The van der Waals surface area contributed by atoms with Gasteiger partial charge in [-0.3, -0.25) is 0 Å². The molecule has 2 nitrogen and oxygen atoms in total. The van der Waals surface area contributed by atoms with Crippen molar-refractivity contribution in [2.45, 2.75) is 32.6 Å². The van der Waals surface area contributed by atoms with Gasteiger partial charge in [0.25, 0.3) is 0 Å². The lowest BCUT2D eigenvalue weighted by Gasteiger charge is -2.34. The minimum Gasteiger partial charge on any atom is -0.497 e. The fourth-order valence-corrected chi connectivity index (χ4v) is 3.66. The molecule has 1 aromatic rings. The van der Waals surface area contributed by atoms with Crippen LogP contribution in [0.1, 0.15) is 31.7 Å². The van der Waals surface area contributed by atoms with E-state index in [2.05, 4.69) is 31.2 Å². The summed E-state index contributed by atoms with van der Waals surface area (Å²) in [6.45, 7) is 3.34. The number of hydrogen-bond acceptors (Lipinski definition) is 2. The van der Waals surface area contributed by atoms with Crippen molar-refractivity contribution in [3.63, 3.8) is 0 Å². The molecule has 0 radical (unpaired) electrons. The molecule has 0 fully saturated rings. The van der Waals surface area contributed by atoms with E-state index < -0.39 is 0 Å². The fourth-order valence-electron chi connectivity index (χ4n) is 3.66. The van der Waals surface area contributed by atoms with E-state index in [0.717, 1.165) is 32.3 Å². The molecule has 0 saturated carbocycles. The van der Waals surface area contributed by atoms with Gasteiger partial charge < -0.3 is 9.84 Å². The van der Waals surface area contributed by atoms with Crippen molar-refractivity contribution in [1.82, 2.24) is 0 Å². The van der Waals surface area contributed by atoms with Gasteiger partial charge in [0, 0.05) is 12.0 Å². The van der Waals surface area contributed by atoms with E-state index in [0.29, 0.717) is 5.92 Å².